The number of carboxylic acids is 1. The fourth-order valence-electron chi connectivity index (χ4n) is 3.24. The van der Waals surface area contributed by atoms with Gasteiger partial charge in [0.05, 0.1) is 6.42 Å². The molecule has 3 rings (SSSR count). The van der Waals surface area contributed by atoms with Crippen LogP contribution in [0, 0.1) is 0 Å². The van der Waals surface area contributed by atoms with Crippen molar-refractivity contribution in [1.82, 2.24) is 4.90 Å². The Bertz CT molecular complexity index is 847. The second kappa shape index (κ2) is 9.70. The lowest BCUT2D eigenvalue weighted by molar-refractivity contribution is -0.137. The molecule has 3 aromatic carbocycles. The highest BCUT2D eigenvalue weighted by atomic mass is 16.4. The summed E-state index contributed by atoms with van der Waals surface area (Å²) in [6.07, 6.45) is 1.05. The van der Waals surface area contributed by atoms with Gasteiger partial charge in [0.25, 0.3) is 0 Å². The van der Waals surface area contributed by atoms with Gasteiger partial charge in [-0.05, 0) is 28.7 Å². The van der Waals surface area contributed by atoms with E-state index in [1.807, 2.05) is 24.3 Å². The van der Waals surface area contributed by atoms with E-state index in [0.717, 1.165) is 19.5 Å². The van der Waals surface area contributed by atoms with Crippen molar-refractivity contribution in [2.75, 3.05) is 6.54 Å². The number of hydrogen-bond donors (Lipinski definition) is 1. The molecule has 0 fully saturated rings. The molecule has 0 unspecified atom stereocenters. The van der Waals surface area contributed by atoms with E-state index in [0.29, 0.717) is 6.54 Å². The summed E-state index contributed by atoms with van der Waals surface area (Å²) in [5, 5.41) is 9.08. The molecule has 0 heterocycles. The van der Waals surface area contributed by atoms with Gasteiger partial charge < -0.3 is 5.11 Å². The number of carbonyl (C=O) groups is 1. The maximum atomic E-state index is 11.0. The first-order valence-corrected chi connectivity index (χ1v) is 9.29. The van der Waals surface area contributed by atoms with Crippen LogP contribution in [0.3, 0.4) is 0 Å². The Kier molecular flexibility index (Phi) is 6.78. The molecule has 0 aliphatic carbocycles. The smallest absolute Gasteiger partial charge is 0.304 e. The maximum Gasteiger partial charge on any atom is 0.304 e. The first-order valence-electron chi connectivity index (χ1n) is 9.29. The molecule has 0 aliphatic heterocycles. The summed E-state index contributed by atoms with van der Waals surface area (Å²) in [4.78, 5) is 13.2. The molecule has 1 N–H and O–H groups in total. The number of hydrogen-bond acceptors (Lipinski definition) is 2. The number of nitrogens with zero attached hydrogens (tertiary/aromatic N) is 1. The normalized spacial score (nSPS) is 10.9. The van der Waals surface area contributed by atoms with E-state index in [1.54, 1.807) is 0 Å². The van der Waals surface area contributed by atoms with Crippen molar-refractivity contribution in [3.63, 3.8) is 0 Å². The van der Waals surface area contributed by atoms with Gasteiger partial charge in [0.1, 0.15) is 0 Å². The van der Waals surface area contributed by atoms with Crippen LogP contribution in [0.25, 0.3) is 0 Å². The lowest BCUT2D eigenvalue weighted by atomic mass is 10.0. The summed E-state index contributed by atoms with van der Waals surface area (Å²) >= 11 is 0. The molecule has 3 aromatic rings. The van der Waals surface area contributed by atoms with Crippen molar-refractivity contribution < 1.29 is 9.90 Å². The van der Waals surface area contributed by atoms with Gasteiger partial charge in [-0.3, -0.25) is 9.69 Å². The van der Waals surface area contributed by atoms with Crippen molar-refractivity contribution in [3.05, 3.63) is 107 Å². The number of rotatable bonds is 9. The van der Waals surface area contributed by atoms with E-state index in [-0.39, 0.29) is 6.42 Å². The summed E-state index contributed by atoms with van der Waals surface area (Å²) in [6, 6.07) is 29.2. The maximum absolute atomic E-state index is 11.0. The minimum Gasteiger partial charge on any atom is -0.481 e. The fourth-order valence-corrected chi connectivity index (χ4v) is 3.24. The van der Waals surface area contributed by atoms with E-state index >= 15 is 0 Å². The van der Waals surface area contributed by atoms with Crippen LogP contribution in [0.2, 0.25) is 0 Å². The minimum atomic E-state index is -0.758. The van der Waals surface area contributed by atoms with Crippen LogP contribution in [-0.4, -0.2) is 22.5 Å². The van der Waals surface area contributed by atoms with E-state index in [9.17, 15) is 4.79 Å². The lowest BCUT2D eigenvalue weighted by Gasteiger charge is -2.22. The Morgan fingerprint density at radius 2 is 1.26 bits per heavy atom. The van der Waals surface area contributed by atoms with E-state index in [1.165, 1.54) is 22.3 Å². The van der Waals surface area contributed by atoms with Gasteiger partial charge in [-0.25, -0.2) is 0 Å². The standard InChI is InChI=1S/C24H25NO2/c26-24(27)14-15-25(18-21-10-5-2-6-11-21)19-23-13-7-12-22(17-23)16-20-8-3-1-4-9-20/h1-13,17H,14-16,18-19H2,(H,26,27). The van der Waals surface area contributed by atoms with Crippen LogP contribution in [-0.2, 0) is 24.3 Å². The average Bonchev–Trinajstić information content (AvgIpc) is 2.68. The molecular formula is C24H25NO2. The van der Waals surface area contributed by atoms with Gasteiger partial charge in [-0.15, -0.1) is 0 Å². The molecule has 0 atom stereocenters. The third-order valence-corrected chi connectivity index (χ3v) is 4.54. The quantitative estimate of drug-likeness (QED) is 0.599. The largest absolute Gasteiger partial charge is 0.481 e. The molecule has 0 spiro atoms. The van der Waals surface area contributed by atoms with Crippen LogP contribution >= 0.6 is 0 Å². The second-order valence-corrected chi connectivity index (χ2v) is 6.82. The summed E-state index contributed by atoms with van der Waals surface area (Å²) in [5.74, 6) is -0.758. The Morgan fingerprint density at radius 3 is 1.93 bits per heavy atom. The summed E-state index contributed by atoms with van der Waals surface area (Å²) in [7, 11) is 0. The molecule has 0 aliphatic rings. The van der Waals surface area contributed by atoms with Crippen LogP contribution in [0.1, 0.15) is 28.7 Å². The van der Waals surface area contributed by atoms with Crippen LogP contribution in [0.15, 0.2) is 84.9 Å². The molecule has 0 bridgehead atoms. The molecule has 0 amide bonds. The van der Waals surface area contributed by atoms with Gasteiger partial charge in [-0.2, -0.15) is 0 Å². The third-order valence-electron chi connectivity index (χ3n) is 4.54. The topological polar surface area (TPSA) is 40.5 Å². The van der Waals surface area contributed by atoms with Crippen molar-refractivity contribution in [2.45, 2.75) is 25.9 Å². The number of aliphatic carboxylic acids is 1. The number of carboxylic acid groups (broad SMARTS) is 1. The molecule has 0 aromatic heterocycles. The van der Waals surface area contributed by atoms with Gasteiger partial charge in [0.15, 0.2) is 0 Å². The average molecular weight is 359 g/mol. The van der Waals surface area contributed by atoms with Crippen molar-refractivity contribution in [3.8, 4) is 0 Å². The van der Waals surface area contributed by atoms with Gasteiger partial charge in [-0.1, -0.05) is 84.9 Å². The van der Waals surface area contributed by atoms with E-state index in [4.69, 9.17) is 5.11 Å². The molecule has 3 nitrogen and oxygen atoms in total. The molecular weight excluding hydrogens is 334 g/mol. The Labute approximate surface area is 160 Å². The molecule has 0 radical (unpaired) electrons. The van der Waals surface area contributed by atoms with Crippen LogP contribution in [0.4, 0.5) is 0 Å². The summed E-state index contributed by atoms with van der Waals surface area (Å²) in [6.45, 7) is 2.02. The van der Waals surface area contributed by atoms with Crippen LogP contribution < -0.4 is 0 Å². The third kappa shape index (κ3) is 6.39. The molecule has 3 heteroatoms. The second-order valence-electron chi connectivity index (χ2n) is 6.82. The zero-order valence-corrected chi connectivity index (χ0v) is 15.4. The minimum absolute atomic E-state index is 0.149. The van der Waals surface area contributed by atoms with Crippen molar-refractivity contribution in [2.24, 2.45) is 0 Å². The zero-order chi connectivity index (χ0) is 18.9. The predicted octanol–water partition coefficient (Wildman–Crippen LogP) is 4.75. The number of benzene rings is 3. The van der Waals surface area contributed by atoms with Gasteiger partial charge in [0, 0.05) is 19.6 Å². The first-order chi connectivity index (χ1) is 13.2. The van der Waals surface area contributed by atoms with E-state index < -0.39 is 5.97 Å². The highest BCUT2D eigenvalue weighted by Crippen LogP contribution is 2.15. The lowest BCUT2D eigenvalue weighted by Crippen LogP contribution is -2.25. The first kappa shape index (κ1) is 18.9. The van der Waals surface area contributed by atoms with E-state index in [2.05, 4.69) is 65.6 Å². The van der Waals surface area contributed by atoms with Gasteiger partial charge in [0.2, 0.25) is 0 Å². The SMILES string of the molecule is O=C(O)CCN(Cc1ccccc1)Cc1cccc(Cc2ccccc2)c1. The highest BCUT2D eigenvalue weighted by molar-refractivity contribution is 5.66. The Balaban J connectivity index is 1.70. The molecule has 27 heavy (non-hydrogen) atoms. The molecule has 0 saturated heterocycles. The van der Waals surface area contributed by atoms with Crippen molar-refractivity contribution >= 4 is 5.97 Å². The van der Waals surface area contributed by atoms with Gasteiger partial charge >= 0.3 is 5.97 Å². The zero-order valence-electron chi connectivity index (χ0n) is 15.4. The monoisotopic (exact) mass is 359 g/mol. The summed E-state index contributed by atoms with van der Waals surface area (Å²) in [5.41, 5.74) is 4.98. The fraction of sp³-hybridized carbons (Fsp3) is 0.208. The highest BCUT2D eigenvalue weighted by Gasteiger charge is 2.10. The van der Waals surface area contributed by atoms with Crippen LogP contribution in [0.5, 0.6) is 0 Å². The Morgan fingerprint density at radius 1 is 0.704 bits per heavy atom. The van der Waals surface area contributed by atoms with Crippen molar-refractivity contribution in [1.29, 1.82) is 0 Å². The predicted molar refractivity (Wildman–Crippen MR) is 108 cm³/mol. The Hall–Kier alpha value is -2.91. The molecule has 138 valence electrons. The summed E-state index contributed by atoms with van der Waals surface area (Å²) < 4.78 is 0. The molecule has 0 saturated carbocycles.